The van der Waals surface area contributed by atoms with Crippen LogP contribution in [0.1, 0.15) is 25.0 Å². The van der Waals surface area contributed by atoms with Crippen molar-refractivity contribution < 1.29 is 18.9 Å². The van der Waals surface area contributed by atoms with Crippen LogP contribution in [0.2, 0.25) is 0 Å². The molecule has 0 heterocycles. The van der Waals surface area contributed by atoms with Crippen LogP contribution in [-0.4, -0.2) is 40.9 Å². The lowest BCUT2D eigenvalue weighted by Crippen LogP contribution is -2.36. The average Bonchev–Trinajstić information content (AvgIpc) is 2.77. The predicted octanol–water partition coefficient (Wildman–Crippen LogP) is 3.61. The van der Waals surface area contributed by atoms with Gasteiger partial charge in [0.2, 0.25) is 5.75 Å². The van der Waals surface area contributed by atoms with E-state index in [-0.39, 0.29) is 0 Å². The van der Waals surface area contributed by atoms with E-state index < -0.39 is 0 Å². The van der Waals surface area contributed by atoms with Crippen molar-refractivity contribution in [3.8, 4) is 23.0 Å². The number of nitrogens with zero attached hydrogens (tertiary/aromatic N) is 1. The highest BCUT2D eigenvalue weighted by atomic mass is 16.5. The van der Waals surface area contributed by atoms with Gasteiger partial charge in [0.1, 0.15) is 5.75 Å². The number of rotatable bonds is 10. The first-order valence-electron chi connectivity index (χ1n) is 9.95. The maximum atomic E-state index is 5.73. The second-order valence-corrected chi connectivity index (χ2v) is 7.16. The van der Waals surface area contributed by atoms with Crippen LogP contribution in [-0.2, 0) is 13.1 Å². The van der Waals surface area contributed by atoms with Crippen LogP contribution in [0.5, 0.6) is 23.0 Å². The Balaban J connectivity index is 1.92. The normalized spacial score (nSPS) is 11.2. The van der Waals surface area contributed by atoms with Gasteiger partial charge in [-0.05, 0) is 41.3 Å². The summed E-state index contributed by atoms with van der Waals surface area (Å²) in [5.41, 5.74) is 2.13. The molecule has 0 aliphatic carbocycles. The van der Waals surface area contributed by atoms with Crippen molar-refractivity contribution in [3.63, 3.8) is 0 Å². The van der Waals surface area contributed by atoms with E-state index in [4.69, 9.17) is 18.9 Å². The largest absolute Gasteiger partial charge is 0.493 e. The van der Waals surface area contributed by atoms with Gasteiger partial charge in [0, 0.05) is 20.1 Å². The fraction of sp³-hybridized carbons (Fsp3) is 0.435. The van der Waals surface area contributed by atoms with E-state index in [1.54, 1.807) is 28.4 Å². The molecule has 2 rings (SSSR count). The van der Waals surface area contributed by atoms with Gasteiger partial charge in [0.05, 0.1) is 27.9 Å². The quantitative estimate of drug-likeness (QED) is 0.456. The number of benzene rings is 2. The van der Waals surface area contributed by atoms with Crippen LogP contribution in [0, 0.1) is 5.92 Å². The van der Waals surface area contributed by atoms with Crippen LogP contribution < -0.4 is 29.6 Å². The number of methoxy groups -OCH3 is 3. The standard InChI is InChI=1S/C23H33N3O4/c1-16(2)15-30-19-9-7-17(8-10-19)13-25-23(24-3)26-14-18-11-20(27-4)22(29-6)21(12-18)28-5/h7-12,16H,13-15H2,1-6H3,(H2,24,25,26). The van der Waals surface area contributed by atoms with E-state index in [2.05, 4.69) is 41.6 Å². The Hall–Kier alpha value is -3.09. The van der Waals surface area contributed by atoms with E-state index in [1.165, 1.54) is 0 Å². The molecule has 0 aliphatic rings. The molecule has 0 bridgehead atoms. The van der Waals surface area contributed by atoms with E-state index in [0.717, 1.165) is 23.5 Å². The number of aliphatic imine (C=N–C) groups is 1. The number of guanidine groups is 1. The molecule has 0 saturated carbocycles. The zero-order valence-electron chi connectivity index (χ0n) is 18.7. The Bertz CT molecular complexity index is 795. The summed E-state index contributed by atoms with van der Waals surface area (Å²) in [5.74, 6) is 3.91. The zero-order chi connectivity index (χ0) is 21.9. The van der Waals surface area contributed by atoms with Crippen LogP contribution in [0.4, 0.5) is 0 Å². The molecule has 0 fully saturated rings. The minimum atomic E-state index is 0.506. The lowest BCUT2D eigenvalue weighted by atomic mass is 10.2. The molecule has 0 amide bonds. The maximum Gasteiger partial charge on any atom is 0.203 e. The first kappa shape index (κ1) is 23.2. The second kappa shape index (κ2) is 11.8. The van der Waals surface area contributed by atoms with Gasteiger partial charge < -0.3 is 29.6 Å². The van der Waals surface area contributed by atoms with Crippen LogP contribution in [0.3, 0.4) is 0 Å². The molecule has 0 spiro atoms. The van der Waals surface area contributed by atoms with Gasteiger partial charge in [-0.1, -0.05) is 26.0 Å². The third-order valence-electron chi connectivity index (χ3n) is 4.37. The third kappa shape index (κ3) is 6.76. The van der Waals surface area contributed by atoms with Gasteiger partial charge in [-0.3, -0.25) is 4.99 Å². The smallest absolute Gasteiger partial charge is 0.203 e. The highest BCUT2D eigenvalue weighted by molar-refractivity contribution is 5.79. The van der Waals surface area contributed by atoms with Crippen molar-refractivity contribution in [1.82, 2.24) is 10.6 Å². The Morgan fingerprint density at radius 2 is 1.43 bits per heavy atom. The number of ether oxygens (including phenoxy) is 4. The van der Waals surface area contributed by atoms with Crippen LogP contribution in [0.15, 0.2) is 41.4 Å². The first-order valence-corrected chi connectivity index (χ1v) is 9.95. The molecule has 0 saturated heterocycles. The summed E-state index contributed by atoms with van der Waals surface area (Å²) >= 11 is 0. The minimum absolute atomic E-state index is 0.506. The SMILES string of the molecule is CN=C(NCc1ccc(OCC(C)C)cc1)NCc1cc(OC)c(OC)c(OC)c1. The van der Waals surface area contributed by atoms with Gasteiger partial charge >= 0.3 is 0 Å². The molecular formula is C23H33N3O4. The number of hydrogen-bond donors (Lipinski definition) is 2. The fourth-order valence-electron chi connectivity index (χ4n) is 2.80. The average molecular weight is 416 g/mol. The molecule has 7 nitrogen and oxygen atoms in total. The lowest BCUT2D eigenvalue weighted by molar-refractivity contribution is 0.271. The highest BCUT2D eigenvalue weighted by Crippen LogP contribution is 2.38. The van der Waals surface area contributed by atoms with Crippen molar-refractivity contribution in [3.05, 3.63) is 47.5 Å². The predicted molar refractivity (Wildman–Crippen MR) is 120 cm³/mol. The number of nitrogens with one attached hydrogen (secondary N) is 2. The van der Waals surface area contributed by atoms with Crippen LogP contribution >= 0.6 is 0 Å². The molecule has 7 heteroatoms. The summed E-state index contributed by atoms with van der Waals surface area (Å²) in [6.07, 6.45) is 0. The van der Waals surface area contributed by atoms with Crippen molar-refractivity contribution in [2.45, 2.75) is 26.9 Å². The van der Waals surface area contributed by atoms with Gasteiger partial charge in [-0.2, -0.15) is 0 Å². The number of hydrogen-bond acceptors (Lipinski definition) is 5. The molecule has 30 heavy (non-hydrogen) atoms. The van der Waals surface area contributed by atoms with E-state index in [0.29, 0.717) is 42.2 Å². The van der Waals surface area contributed by atoms with Crippen molar-refractivity contribution in [1.29, 1.82) is 0 Å². The zero-order valence-corrected chi connectivity index (χ0v) is 18.7. The van der Waals surface area contributed by atoms with E-state index >= 15 is 0 Å². The van der Waals surface area contributed by atoms with Crippen LogP contribution in [0.25, 0.3) is 0 Å². The topological polar surface area (TPSA) is 73.3 Å². The molecule has 0 radical (unpaired) electrons. The van der Waals surface area contributed by atoms with E-state index in [9.17, 15) is 0 Å². The minimum Gasteiger partial charge on any atom is -0.493 e. The molecule has 2 aromatic rings. The summed E-state index contributed by atoms with van der Waals surface area (Å²) in [6, 6.07) is 11.9. The highest BCUT2D eigenvalue weighted by Gasteiger charge is 2.13. The van der Waals surface area contributed by atoms with Gasteiger partial charge in [-0.15, -0.1) is 0 Å². The molecule has 164 valence electrons. The Morgan fingerprint density at radius 1 is 0.867 bits per heavy atom. The van der Waals surface area contributed by atoms with Crippen molar-refractivity contribution in [2.24, 2.45) is 10.9 Å². The van der Waals surface area contributed by atoms with Gasteiger partial charge in [-0.25, -0.2) is 0 Å². The Morgan fingerprint density at radius 3 is 1.90 bits per heavy atom. The van der Waals surface area contributed by atoms with Gasteiger partial charge in [0.15, 0.2) is 17.5 Å². The maximum absolute atomic E-state index is 5.73. The lowest BCUT2D eigenvalue weighted by Gasteiger charge is -2.16. The molecule has 0 aliphatic heterocycles. The molecular weight excluding hydrogens is 382 g/mol. The monoisotopic (exact) mass is 415 g/mol. The molecule has 2 N–H and O–H groups in total. The Labute approximate surface area is 179 Å². The molecule has 0 unspecified atom stereocenters. The first-order chi connectivity index (χ1) is 14.5. The molecule has 2 aromatic carbocycles. The van der Waals surface area contributed by atoms with Crippen molar-refractivity contribution >= 4 is 5.96 Å². The Kier molecular flexibility index (Phi) is 9.12. The summed E-state index contributed by atoms with van der Waals surface area (Å²) in [4.78, 5) is 4.29. The summed E-state index contributed by atoms with van der Waals surface area (Å²) in [7, 11) is 6.54. The second-order valence-electron chi connectivity index (χ2n) is 7.16. The summed E-state index contributed by atoms with van der Waals surface area (Å²) in [6.45, 7) is 6.19. The molecule has 0 aromatic heterocycles. The third-order valence-corrected chi connectivity index (χ3v) is 4.37. The fourth-order valence-corrected chi connectivity index (χ4v) is 2.80. The van der Waals surface area contributed by atoms with Crippen molar-refractivity contribution in [2.75, 3.05) is 35.0 Å². The summed E-state index contributed by atoms with van der Waals surface area (Å²) in [5, 5.41) is 6.62. The summed E-state index contributed by atoms with van der Waals surface area (Å²) < 4.78 is 21.9. The molecule has 0 atom stereocenters. The van der Waals surface area contributed by atoms with E-state index in [1.807, 2.05) is 24.3 Å². The van der Waals surface area contributed by atoms with Gasteiger partial charge in [0.25, 0.3) is 0 Å².